The zero-order valence-electron chi connectivity index (χ0n) is 8.42. The van der Waals surface area contributed by atoms with Gasteiger partial charge >= 0.3 is 0 Å². The van der Waals surface area contributed by atoms with Crippen LogP contribution in [0, 0.1) is 29.1 Å². The van der Waals surface area contributed by atoms with Crippen molar-refractivity contribution in [1.29, 1.82) is 5.26 Å². The van der Waals surface area contributed by atoms with Gasteiger partial charge in [-0.05, 0) is 24.7 Å². The predicted molar refractivity (Wildman–Crippen MR) is 50.9 cm³/mol. The van der Waals surface area contributed by atoms with Crippen LogP contribution in [0.3, 0.4) is 0 Å². The van der Waals surface area contributed by atoms with Gasteiger partial charge in [0.15, 0.2) is 0 Å². The number of rotatable bonds is 2. The van der Waals surface area contributed by atoms with Crippen LogP contribution in [0.15, 0.2) is 0 Å². The van der Waals surface area contributed by atoms with E-state index in [1.54, 1.807) is 0 Å². The minimum atomic E-state index is 0.163. The van der Waals surface area contributed by atoms with Gasteiger partial charge in [0.05, 0.1) is 6.07 Å². The van der Waals surface area contributed by atoms with Crippen molar-refractivity contribution in [3.8, 4) is 6.07 Å². The Hall–Kier alpha value is -0.840. The van der Waals surface area contributed by atoms with E-state index < -0.39 is 0 Å². The topological polar surface area (TPSA) is 40.9 Å². The summed E-state index contributed by atoms with van der Waals surface area (Å²) in [6.45, 7) is 4.14. The van der Waals surface area contributed by atoms with E-state index in [1.807, 2.05) is 6.92 Å². The van der Waals surface area contributed by atoms with Crippen LogP contribution >= 0.6 is 0 Å². The van der Waals surface area contributed by atoms with E-state index in [0.717, 1.165) is 19.3 Å². The SMILES string of the molecule is CC1CCC(C(C)CC#N)C(=O)C1. The Kier molecular flexibility index (Phi) is 3.48. The number of nitrogens with zero attached hydrogens (tertiary/aromatic N) is 1. The van der Waals surface area contributed by atoms with Crippen LogP contribution in [0.25, 0.3) is 0 Å². The first kappa shape index (κ1) is 10.2. The van der Waals surface area contributed by atoms with E-state index in [9.17, 15) is 4.79 Å². The van der Waals surface area contributed by atoms with Crippen molar-refractivity contribution in [3.63, 3.8) is 0 Å². The molecule has 2 nitrogen and oxygen atoms in total. The maximum atomic E-state index is 11.6. The number of carbonyl (C=O) groups excluding carboxylic acids is 1. The van der Waals surface area contributed by atoms with Gasteiger partial charge in [-0.15, -0.1) is 0 Å². The number of ketones is 1. The van der Waals surface area contributed by atoms with Gasteiger partial charge in [-0.25, -0.2) is 0 Å². The minimum Gasteiger partial charge on any atom is -0.299 e. The third-order valence-electron chi connectivity index (χ3n) is 3.03. The van der Waals surface area contributed by atoms with Gasteiger partial charge < -0.3 is 0 Å². The van der Waals surface area contributed by atoms with Gasteiger partial charge in [0.2, 0.25) is 0 Å². The number of Topliss-reactive ketones (excluding diaryl/α,β-unsaturated/α-hetero) is 1. The molecule has 0 heterocycles. The predicted octanol–water partition coefficient (Wildman–Crippen LogP) is 2.54. The average Bonchev–Trinajstić information content (AvgIpc) is 2.04. The smallest absolute Gasteiger partial charge is 0.136 e. The first-order chi connectivity index (χ1) is 6.15. The zero-order valence-corrected chi connectivity index (χ0v) is 8.42. The summed E-state index contributed by atoms with van der Waals surface area (Å²) in [5, 5.41) is 8.54. The van der Waals surface area contributed by atoms with Gasteiger partial charge in [0.1, 0.15) is 5.78 Å². The Morgan fingerprint density at radius 3 is 2.85 bits per heavy atom. The first-order valence-electron chi connectivity index (χ1n) is 5.04. The van der Waals surface area contributed by atoms with Gasteiger partial charge in [0.25, 0.3) is 0 Å². The molecular weight excluding hydrogens is 162 g/mol. The molecule has 0 saturated heterocycles. The number of carbonyl (C=O) groups is 1. The number of nitriles is 1. The molecule has 0 N–H and O–H groups in total. The zero-order chi connectivity index (χ0) is 9.84. The van der Waals surface area contributed by atoms with Crippen molar-refractivity contribution < 1.29 is 4.79 Å². The molecule has 72 valence electrons. The molecule has 3 unspecified atom stereocenters. The van der Waals surface area contributed by atoms with Gasteiger partial charge in [-0.1, -0.05) is 13.8 Å². The second-order valence-electron chi connectivity index (χ2n) is 4.30. The molecule has 0 aliphatic heterocycles. The average molecular weight is 179 g/mol. The Morgan fingerprint density at radius 1 is 1.62 bits per heavy atom. The van der Waals surface area contributed by atoms with Crippen molar-refractivity contribution in [1.82, 2.24) is 0 Å². The molecule has 13 heavy (non-hydrogen) atoms. The molecule has 1 rings (SSSR count). The second-order valence-corrected chi connectivity index (χ2v) is 4.30. The highest BCUT2D eigenvalue weighted by atomic mass is 16.1. The molecular formula is C11H17NO. The molecule has 0 aromatic heterocycles. The fraction of sp³-hybridized carbons (Fsp3) is 0.818. The van der Waals surface area contributed by atoms with E-state index in [4.69, 9.17) is 5.26 Å². The highest BCUT2D eigenvalue weighted by Crippen LogP contribution is 2.31. The minimum absolute atomic E-state index is 0.163. The summed E-state index contributed by atoms with van der Waals surface area (Å²) in [5.41, 5.74) is 0. The lowest BCUT2D eigenvalue weighted by Gasteiger charge is -2.28. The van der Waals surface area contributed by atoms with Crippen molar-refractivity contribution in [3.05, 3.63) is 0 Å². The largest absolute Gasteiger partial charge is 0.299 e. The van der Waals surface area contributed by atoms with Crippen LogP contribution in [0.4, 0.5) is 0 Å². The summed E-state index contributed by atoms with van der Waals surface area (Å²) in [6.07, 6.45) is 3.38. The lowest BCUT2D eigenvalue weighted by atomic mass is 9.75. The van der Waals surface area contributed by atoms with Crippen LogP contribution in [-0.4, -0.2) is 5.78 Å². The molecule has 1 aliphatic rings. The van der Waals surface area contributed by atoms with Gasteiger partial charge in [0, 0.05) is 18.8 Å². The molecule has 1 fully saturated rings. The van der Waals surface area contributed by atoms with E-state index >= 15 is 0 Å². The fourth-order valence-electron chi connectivity index (χ4n) is 2.11. The Morgan fingerprint density at radius 2 is 2.31 bits per heavy atom. The Balaban J connectivity index is 2.51. The van der Waals surface area contributed by atoms with E-state index in [1.165, 1.54) is 0 Å². The molecule has 0 bridgehead atoms. The Labute approximate surface area is 79.9 Å². The molecule has 0 aromatic carbocycles. The summed E-state index contributed by atoms with van der Waals surface area (Å²) < 4.78 is 0. The normalized spacial score (nSPS) is 31.0. The molecule has 0 spiro atoms. The van der Waals surface area contributed by atoms with Crippen LogP contribution in [0.2, 0.25) is 0 Å². The Bertz CT molecular complexity index is 229. The third kappa shape index (κ3) is 2.55. The van der Waals surface area contributed by atoms with Crippen molar-refractivity contribution in [2.24, 2.45) is 17.8 Å². The maximum absolute atomic E-state index is 11.6. The van der Waals surface area contributed by atoms with E-state index in [0.29, 0.717) is 18.1 Å². The number of hydrogen-bond donors (Lipinski definition) is 0. The maximum Gasteiger partial charge on any atom is 0.136 e. The van der Waals surface area contributed by atoms with Crippen molar-refractivity contribution >= 4 is 5.78 Å². The highest BCUT2D eigenvalue weighted by molar-refractivity contribution is 5.82. The standard InChI is InChI=1S/C11H17NO/c1-8-3-4-10(11(13)7-8)9(2)5-6-12/h8-10H,3-5,7H2,1-2H3. The molecule has 1 aliphatic carbocycles. The van der Waals surface area contributed by atoms with Crippen LogP contribution in [0.1, 0.15) is 39.5 Å². The van der Waals surface area contributed by atoms with Gasteiger partial charge in [-0.3, -0.25) is 4.79 Å². The fourth-order valence-corrected chi connectivity index (χ4v) is 2.11. The summed E-state index contributed by atoms with van der Waals surface area (Å²) in [4.78, 5) is 11.6. The van der Waals surface area contributed by atoms with Crippen molar-refractivity contribution in [2.45, 2.75) is 39.5 Å². The quantitative estimate of drug-likeness (QED) is 0.653. The third-order valence-corrected chi connectivity index (χ3v) is 3.03. The summed E-state index contributed by atoms with van der Waals surface area (Å²) in [7, 11) is 0. The first-order valence-corrected chi connectivity index (χ1v) is 5.04. The highest BCUT2D eigenvalue weighted by Gasteiger charge is 2.29. The summed E-state index contributed by atoms with van der Waals surface area (Å²) in [6, 6.07) is 2.14. The molecule has 0 radical (unpaired) electrons. The van der Waals surface area contributed by atoms with E-state index in [-0.39, 0.29) is 11.8 Å². The van der Waals surface area contributed by atoms with Gasteiger partial charge in [-0.2, -0.15) is 5.26 Å². The molecule has 2 heteroatoms. The molecule has 0 aromatic rings. The van der Waals surface area contributed by atoms with Crippen LogP contribution in [0.5, 0.6) is 0 Å². The lowest BCUT2D eigenvalue weighted by Crippen LogP contribution is -2.28. The second kappa shape index (κ2) is 4.41. The van der Waals surface area contributed by atoms with E-state index in [2.05, 4.69) is 13.0 Å². The summed E-state index contributed by atoms with van der Waals surface area (Å²) >= 11 is 0. The summed E-state index contributed by atoms with van der Waals surface area (Å²) in [5.74, 6) is 1.35. The van der Waals surface area contributed by atoms with Crippen LogP contribution in [-0.2, 0) is 4.79 Å². The molecule has 3 atom stereocenters. The monoisotopic (exact) mass is 179 g/mol. The molecule has 0 amide bonds. The number of hydrogen-bond acceptors (Lipinski definition) is 2. The van der Waals surface area contributed by atoms with Crippen LogP contribution < -0.4 is 0 Å². The molecule has 1 saturated carbocycles. The lowest BCUT2D eigenvalue weighted by molar-refractivity contribution is -0.127. The van der Waals surface area contributed by atoms with Crippen molar-refractivity contribution in [2.75, 3.05) is 0 Å².